The number of hydrogen-bond acceptors (Lipinski definition) is 4. The van der Waals surface area contributed by atoms with Crippen molar-refractivity contribution in [2.24, 2.45) is 11.8 Å². The van der Waals surface area contributed by atoms with Gasteiger partial charge >= 0.3 is 5.97 Å². The lowest BCUT2D eigenvalue weighted by Crippen LogP contribution is -2.16. The first-order chi connectivity index (χ1) is 23.6. The SMILES string of the molecule is CCCCCC1CCC(c2ccc(COOC(CC(=O)Oc3ccc(C4CCC(CCCCC)CC4)cc3)c3ccccc3)cc2)CC1. The number of benzene rings is 3. The molecule has 1 unspecified atom stereocenters. The Morgan fingerprint density at radius 3 is 1.69 bits per heavy atom. The van der Waals surface area contributed by atoms with E-state index in [4.69, 9.17) is 14.5 Å². The molecule has 0 heterocycles. The second-order valence-corrected chi connectivity index (χ2v) is 14.7. The van der Waals surface area contributed by atoms with E-state index in [2.05, 4.69) is 50.2 Å². The summed E-state index contributed by atoms with van der Waals surface area (Å²) in [4.78, 5) is 24.7. The molecule has 260 valence electrons. The molecule has 0 N–H and O–H groups in total. The van der Waals surface area contributed by atoms with E-state index in [1.165, 1.54) is 114 Å². The van der Waals surface area contributed by atoms with Crippen LogP contribution in [0.1, 0.15) is 163 Å². The summed E-state index contributed by atoms with van der Waals surface area (Å²) in [5, 5.41) is 0. The largest absolute Gasteiger partial charge is 0.426 e. The molecule has 2 aliphatic carbocycles. The van der Waals surface area contributed by atoms with E-state index >= 15 is 0 Å². The van der Waals surface area contributed by atoms with Crippen LogP contribution in [0, 0.1) is 11.8 Å². The quantitative estimate of drug-likeness (QED) is 0.0451. The number of carbonyl (C=O) groups is 1. The lowest BCUT2D eigenvalue weighted by atomic mass is 9.77. The van der Waals surface area contributed by atoms with Crippen LogP contribution < -0.4 is 4.74 Å². The molecule has 2 saturated carbocycles. The zero-order valence-corrected chi connectivity index (χ0v) is 29.8. The minimum Gasteiger partial charge on any atom is -0.426 e. The van der Waals surface area contributed by atoms with Gasteiger partial charge in [-0.05, 0) is 109 Å². The van der Waals surface area contributed by atoms with E-state index in [0.717, 1.165) is 23.0 Å². The Bertz CT molecular complexity index is 1300. The standard InChI is InChI=1S/C44H60O4/c1-3-5-8-12-34-16-22-37(23-17-34)39-26-20-36(21-27-39)33-46-48-43(41-14-10-7-11-15-41)32-44(45)47-42-30-28-40(29-31-42)38-24-18-35(19-25-38)13-9-6-4-2/h7,10-11,14-15,20-21,26-31,34-35,37-38,43H,3-6,8-9,12-13,16-19,22-25,32-33H2,1-2H3. The fraction of sp³-hybridized carbons (Fsp3) is 0.568. The molecule has 3 aromatic carbocycles. The van der Waals surface area contributed by atoms with Crippen LogP contribution in [0.25, 0.3) is 0 Å². The monoisotopic (exact) mass is 652 g/mol. The lowest BCUT2D eigenvalue weighted by molar-refractivity contribution is -0.336. The molecule has 0 amide bonds. The highest BCUT2D eigenvalue weighted by atomic mass is 17.2. The third-order valence-corrected chi connectivity index (χ3v) is 11.1. The zero-order valence-electron chi connectivity index (χ0n) is 29.8. The molecule has 0 saturated heterocycles. The van der Waals surface area contributed by atoms with Crippen molar-refractivity contribution in [3.8, 4) is 5.75 Å². The first-order valence-corrected chi connectivity index (χ1v) is 19.3. The maximum Gasteiger partial charge on any atom is 0.314 e. The summed E-state index contributed by atoms with van der Waals surface area (Å²) in [5.41, 5.74) is 4.75. The Morgan fingerprint density at radius 1 is 0.646 bits per heavy atom. The number of rotatable bonds is 18. The van der Waals surface area contributed by atoms with Crippen molar-refractivity contribution in [2.45, 2.75) is 148 Å². The molecule has 0 spiro atoms. The van der Waals surface area contributed by atoms with E-state index in [1.54, 1.807) is 0 Å². The van der Waals surface area contributed by atoms with Crippen LogP contribution in [0.15, 0.2) is 78.9 Å². The predicted octanol–water partition coefficient (Wildman–Crippen LogP) is 12.6. The topological polar surface area (TPSA) is 44.8 Å². The van der Waals surface area contributed by atoms with Crippen molar-refractivity contribution in [1.82, 2.24) is 0 Å². The molecular weight excluding hydrogens is 592 g/mol. The van der Waals surface area contributed by atoms with Crippen LogP contribution in [0.3, 0.4) is 0 Å². The Hall–Kier alpha value is -2.95. The summed E-state index contributed by atoms with van der Waals surface area (Å²) < 4.78 is 5.77. The van der Waals surface area contributed by atoms with Gasteiger partial charge in [-0.15, -0.1) is 0 Å². The second-order valence-electron chi connectivity index (χ2n) is 14.7. The third kappa shape index (κ3) is 11.6. The molecule has 0 aromatic heterocycles. The third-order valence-electron chi connectivity index (χ3n) is 11.1. The Labute approximate surface area is 290 Å². The van der Waals surface area contributed by atoms with E-state index in [9.17, 15) is 4.79 Å². The molecule has 1 atom stereocenters. The smallest absolute Gasteiger partial charge is 0.314 e. The molecule has 0 radical (unpaired) electrons. The van der Waals surface area contributed by atoms with Gasteiger partial charge < -0.3 is 4.74 Å². The van der Waals surface area contributed by atoms with Gasteiger partial charge in [0.05, 0.1) is 6.42 Å². The molecule has 4 heteroatoms. The first kappa shape index (κ1) is 36.3. The number of unbranched alkanes of at least 4 members (excludes halogenated alkanes) is 4. The molecule has 2 fully saturated rings. The van der Waals surface area contributed by atoms with Gasteiger partial charge in [0.25, 0.3) is 0 Å². The average Bonchev–Trinajstić information content (AvgIpc) is 3.13. The predicted molar refractivity (Wildman–Crippen MR) is 196 cm³/mol. The van der Waals surface area contributed by atoms with E-state index in [-0.39, 0.29) is 12.4 Å². The maximum absolute atomic E-state index is 13.1. The normalized spacial score (nSPS) is 21.9. The van der Waals surface area contributed by atoms with Crippen LogP contribution in [0.4, 0.5) is 0 Å². The highest BCUT2D eigenvalue weighted by molar-refractivity contribution is 5.73. The summed E-state index contributed by atoms with van der Waals surface area (Å²) in [6, 6.07) is 26.8. The molecule has 3 aromatic rings. The van der Waals surface area contributed by atoms with Gasteiger partial charge in [0, 0.05) is 0 Å². The second kappa shape index (κ2) is 19.9. The number of esters is 1. The first-order valence-electron chi connectivity index (χ1n) is 19.3. The van der Waals surface area contributed by atoms with Gasteiger partial charge in [0.1, 0.15) is 18.5 Å². The minimum atomic E-state index is -0.558. The van der Waals surface area contributed by atoms with E-state index < -0.39 is 6.10 Å². The van der Waals surface area contributed by atoms with Gasteiger partial charge in [0.2, 0.25) is 0 Å². The molecule has 5 rings (SSSR count). The number of ether oxygens (including phenoxy) is 1. The highest BCUT2D eigenvalue weighted by Gasteiger charge is 2.24. The molecule has 2 aliphatic rings. The Kier molecular flexibility index (Phi) is 15.1. The molecule has 0 aliphatic heterocycles. The van der Waals surface area contributed by atoms with Crippen molar-refractivity contribution < 1.29 is 19.3 Å². The lowest BCUT2D eigenvalue weighted by Gasteiger charge is -2.29. The summed E-state index contributed by atoms with van der Waals surface area (Å²) in [7, 11) is 0. The van der Waals surface area contributed by atoms with Crippen molar-refractivity contribution in [1.29, 1.82) is 0 Å². The van der Waals surface area contributed by atoms with Crippen molar-refractivity contribution in [3.63, 3.8) is 0 Å². The van der Waals surface area contributed by atoms with Crippen LogP contribution in [-0.2, 0) is 21.2 Å². The minimum absolute atomic E-state index is 0.0634. The summed E-state index contributed by atoms with van der Waals surface area (Å²) >= 11 is 0. The number of hydrogen-bond donors (Lipinski definition) is 0. The van der Waals surface area contributed by atoms with Crippen LogP contribution in [0.5, 0.6) is 5.75 Å². The van der Waals surface area contributed by atoms with E-state index in [1.807, 2.05) is 42.5 Å². The molecule has 4 nitrogen and oxygen atoms in total. The molecular formula is C44H60O4. The van der Waals surface area contributed by atoms with Gasteiger partial charge in [0.15, 0.2) is 0 Å². The van der Waals surface area contributed by atoms with Crippen LogP contribution in [-0.4, -0.2) is 5.97 Å². The van der Waals surface area contributed by atoms with E-state index in [0.29, 0.717) is 24.2 Å². The van der Waals surface area contributed by atoms with Gasteiger partial charge in [-0.2, -0.15) is 0 Å². The Balaban J connectivity index is 1.06. The Morgan fingerprint density at radius 2 is 1.17 bits per heavy atom. The molecule has 0 bridgehead atoms. The average molecular weight is 653 g/mol. The van der Waals surface area contributed by atoms with Gasteiger partial charge in [-0.25, -0.2) is 9.78 Å². The maximum atomic E-state index is 13.1. The van der Waals surface area contributed by atoms with Crippen molar-refractivity contribution in [2.75, 3.05) is 0 Å². The van der Waals surface area contributed by atoms with Crippen molar-refractivity contribution >= 4 is 5.97 Å². The molecule has 48 heavy (non-hydrogen) atoms. The summed E-state index contributed by atoms with van der Waals surface area (Å²) in [5.74, 6) is 3.35. The number of carbonyl (C=O) groups excluding carboxylic acids is 1. The highest BCUT2D eigenvalue weighted by Crippen LogP contribution is 2.39. The fourth-order valence-corrected chi connectivity index (χ4v) is 8.01. The van der Waals surface area contributed by atoms with Crippen LogP contribution >= 0.6 is 0 Å². The van der Waals surface area contributed by atoms with Crippen LogP contribution in [0.2, 0.25) is 0 Å². The summed E-state index contributed by atoms with van der Waals surface area (Å²) in [6.07, 6.45) is 20.9. The zero-order chi connectivity index (χ0) is 33.4. The fourth-order valence-electron chi connectivity index (χ4n) is 8.01. The van der Waals surface area contributed by atoms with Gasteiger partial charge in [-0.3, -0.25) is 4.79 Å². The van der Waals surface area contributed by atoms with Crippen molar-refractivity contribution in [3.05, 3.63) is 101 Å². The summed E-state index contributed by atoms with van der Waals surface area (Å²) in [6.45, 7) is 4.89. The van der Waals surface area contributed by atoms with Gasteiger partial charge in [-0.1, -0.05) is 132 Å².